The van der Waals surface area contributed by atoms with E-state index in [4.69, 9.17) is 4.74 Å². The summed E-state index contributed by atoms with van der Waals surface area (Å²) in [5, 5.41) is 0. The summed E-state index contributed by atoms with van der Waals surface area (Å²) in [6.07, 6.45) is 0. The maximum Gasteiger partial charge on any atom is 0.320 e. The molecule has 0 bridgehead atoms. The van der Waals surface area contributed by atoms with E-state index in [1.54, 1.807) is 0 Å². The van der Waals surface area contributed by atoms with Crippen molar-refractivity contribution in [2.24, 2.45) is 0 Å². The number of carbonyl (C=O) groups is 1. The summed E-state index contributed by atoms with van der Waals surface area (Å²) in [5.41, 5.74) is 1.38. The fourth-order valence-electron chi connectivity index (χ4n) is 1.87. The number of rotatable bonds is 2. The van der Waals surface area contributed by atoms with E-state index >= 15 is 0 Å². The zero-order valence-electron chi connectivity index (χ0n) is 13.3. The van der Waals surface area contributed by atoms with Crippen molar-refractivity contribution in [3.05, 3.63) is 34.3 Å². The van der Waals surface area contributed by atoms with Gasteiger partial charge in [-0.1, -0.05) is 64.2 Å². The molecular weight excluding hydrogens is 443 g/mol. The molecule has 0 spiro atoms. The Morgan fingerprint density at radius 3 is 2.04 bits per heavy atom. The van der Waals surface area contributed by atoms with Gasteiger partial charge in [-0.3, -0.25) is 9.69 Å². The van der Waals surface area contributed by atoms with E-state index < -0.39 is 0 Å². The van der Waals surface area contributed by atoms with Gasteiger partial charge in [-0.05, 0) is 37.5 Å². The Morgan fingerprint density at radius 2 is 1.71 bits per heavy atom. The van der Waals surface area contributed by atoms with Crippen molar-refractivity contribution in [2.45, 2.75) is 61.9 Å². The first kappa shape index (κ1) is 32.0. The van der Waals surface area contributed by atoms with E-state index in [1.165, 1.54) is 10.0 Å². The minimum atomic E-state index is -0.0973. The second-order valence-corrected chi connectivity index (χ2v) is 6.41. The van der Waals surface area contributed by atoms with Crippen LogP contribution >= 0.6 is 15.9 Å². The van der Waals surface area contributed by atoms with E-state index in [2.05, 4.69) is 66.7 Å². The number of hydrogen-bond acceptors (Lipinski definition) is 3. The quantitative estimate of drug-likeness (QED) is 0.508. The summed E-state index contributed by atoms with van der Waals surface area (Å²) in [4.78, 5) is 12.8. The van der Waals surface area contributed by atoms with Crippen LogP contribution in [-0.4, -0.2) is 36.6 Å². The Morgan fingerprint density at radius 1 is 1.12 bits per heavy atom. The Hall–Kier alpha value is 0.234. The van der Waals surface area contributed by atoms with Crippen LogP contribution in [0.5, 0.6) is 0 Å². The molecule has 1 aromatic rings. The molecule has 1 aliphatic heterocycles. The van der Waals surface area contributed by atoms with Crippen LogP contribution in [0, 0.1) is 0 Å². The van der Waals surface area contributed by atoms with Gasteiger partial charge in [0.1, 0.15) is 6.61 Å². The van der Waals surface area contributed by atoms with Crippen LogP contribution in [0.4, 0.5) is 0 Å². The molecule has 0 N–H and O–H groups in total. The van der Waals surface area contributed by atoms with Gasteiger partial charge in [0, 0.05) is 49.8 Å². The molecule has 0 aromatic heterocycles. The average molecular weight is 479 g/mol. The maximum absolute atomic E-state index is 10.7. The van der Waals surface area contributed by atoms with Gasteiger partial charge < -0.3 is 4.74 Å². The number of benzene rings is 1. The van der Waals surface area contributed by atoms with Crippen molar-refractivity contribution in [2.75, 3.05) is 19.7 Å². The standard InChI is InChI=1S/C9H11Br.C7H13NO2.3CH4.Y/c1-7(2)8-4-3-5-9(10)6-8;1-6(2)8-3-4-10-7(9)5-8;;;;/h3-7H,1-2H3;6H,3-5H2,1-2H3;3*1H4;. The molecule has 1 heterocycles. The summed E-state index contributed by atoms with van der Waals surface area (Å²) in [6.45, 7) is 10.4. The summed E-state index contributed by atoms with van der Waals surface area (Å²) >= 11 is 3.43. The summed E-state index contributed by atoms with van der Waals surface area (Å²) < 4.78 is 5.94. The number of nitrogens with zero attached hydrogens (tertiary/aromatic N) is 1. The van der Waals surface area contributed by atoms with Gasteiger partial charge in [-0.2, -0.15) is 0 Å². The van der Waals surface area contributed by atoms with Crippen molar-refractivity contribution in [3.8, 4) is 0 Å². The maximum atomic E-state index is 10.7. The molecule has 139 valence electrons. The third-order valence-corrected chi connectivity index (χ3v) is 3.71. The molecule has 5 heteroatoms. The van der Waals surface area contributed by atoms with Crippen molar-refractivity contribution in [1.82, 2.24) is 4.90 Å². The van der Waals surface area contributed by atoms with Crippen molar-refractivity contribution in [3.63, 3.8) is 0 Å². The number of halogens is 1. The third kappa shape index (κ3) is 12.6. The largest absolute Gasteiger partial charge is 0.463 e. The van der Waals surface area contributed by atoms with Crippen LogP contribution < -0.4 is 0 Å². The molecule has 0 atom stereocenters. The molecule has 1 radical (unpaired) electrons. The number of morpholine rings is 1. The zero-order valence-corrected chi connectivity index (χ0v) is 17.7. The van der Waals surface area contributed by atoms with Crippen LogP contribution in [-0.2, 0) is 42.2 Å². The molecule has 1 aromatic carbocycles. The third-order valence-electron chi connectivity index (χ3n) is 3.22. The number of hydrogen-bond donors (Lipinski definition) is 0. The van der Waals surface area contributed by atoms with Crippen molar-refractivity contribution >= 4 is 21.9 Å². The second-order valence-electron chi connectivity index (χ2n) is 5.49. The average Bonchev–Trinajstić information content (AvgIpc) is 2.39. The smallest absolute Gasteiger partial charge is 0.320 e. The summed E-state index contributed by atoms with van der Waals surface area (Å²) in [6, 6.07) is 8.87. The molecule has 0 unspecified atom stereocenters. The van der Waals surface area contributed by atoms with Gasteiger partial charge in [0.25, 0.3) is 0 Å². The van der Waals surface area contributed by atoms with E-state index in [1.807, 2.05) is 6.07 Å². The first-order valence-electron chi connectivity index (χ1n) is 7.05. The first-order chi connectivity index (χ1) is 9.40. The zero-order chi connectivity index (χ0) is 15.1. The minimum absolute atomic E-state index is 0. The minimum Gasteiger partial charge on any atom is -0.463 e. The molecule has 0 amide bonds. The van der Waals surface area contributed by atoms with Crippen LogP contribution in [0.25, 0.3) is 0 Å². The van der Waals surface area contributed by atoms with E-state index in [0.717, 1.165) is 6.54 Å². The number of carbonyl (C=O) groups excluding carboxylic acids is 1. The summed E-state index contributed by atoms with van der Waals surface area (Å²) in [7, 11) is 0. The predicted molar refractivity (Wildman–Crippen MR) is 106 cm³/mol. The monoisotopic (exact) mass is 478 g/mol. The van der Waals surface area contributed by atoms with Crippen LogP contribution in [0.2, 0.25) is 0 Å². The molecule has 0 saturated carbocycles. The van der Waals surface area contributed by atoms with E-state index in [-0.39, 0.29) is 61.0 Å². The van der Waals surface area contributed by atoms with Gasteiger partial charge >= 0.3 is 5.97 Å². The van der Waals surface area contributed by atoms with Crippen LogP contribution in [0.3, 0.4) is 0 Å². The SMILES string of the molecule is C.C.C.CC(C)N1CCOC(=O)C1.CC(C)c1cccc(Br)c1.[Y]. The molecule has 1 saturated heterocycles. The topological polar surface area (TPSA) is 29.5 Å². The van der Waals surface area contributed by atoms with Crippen molar-refractivity contribution < 1.29 is 42.2 Å². The van der Waals surface area contributed by atoms with E-state index in [9.17, 15) is 4.79 Å². The fraction of sp³-hybridized carbons (Fsp3) is 0.632. The number of cyclic esters (lactones) is 1. The van der Waals surface area contributed by atoms with Gasteiger partial charge in [0.05, 0.1) is 6.54 Å². The molecular formula is C19H36BrNO2Y. The Kier molecular flexibility index (Phi) is 22.2. The Balaban J connectivity index is -0.000000143. The normalized spacial score (nSPS) is 13.2. The molecule has 2 rings (SSSR count). The number of esters is 1. The second kappa shape index (κ2) is 16.7. The first-order valence-corrected chi connectivity index (χ1v) is 7.84. The Bertz CT molecular complexity index is 439. The number of ether oxygens (including phenoxy) is 1. The van der Waals surface area contributed by atoms with Gasteiger partial charge in [0.2, 0.25) is 0 Å². The molecule has 0 aliphatic carbocycles. The van der Waals surface area contributed by atoms with E-state index in [0.29, 0.717) is 25.1 Å². The predicted octanol–water partition coefficient (Wildman–Crippen LogP) is 5.73. The Labute approximate surface area is 183 Å². The molecule has 3 nitrogen and oxygen atoms in total. The molecule has 24 heavy (non-hydrogen) atoms. The van der Waals surface area contributed by atoms with Gasteiger partial charge in [-0.15, -0.1) is 0 Å². The fourth-order valence-corrected chi connectivity index (χ4v) is 2.29. The van der Waals surface area contributed by atoms with Crippen LogP contribution in [0.15, 0.2) is 28.7 Å². The van der Waals surface area contributed by atoms with Gasteiger partial charge in [0.15, 0.2) is 0 Å². The summed E-state index contributed by atoms with van der Waals surface area (Å²) in [5.74, 6) is 0.525. The van der Waals surface area contributed by atoms with Crippen molar-refractivity contribution in [1.29, 1.82) is 0 Å². The molecule has 1 aliphatic rings. The van der Waals surface area contributed by atoms with Crippen LogP contribution in [0.1, 0.15) is 61.5 Å². The molecule has 1 fully saturated rings. The van der Waals surface area contributed by atoms with Gasteiger partial charge in [-0.25, -0.2) is 0 Å².